The van der Waals surface area contributed by atoms with E-state index >= 15 is 0 Å². The number of aliphatic hydroxyl groups excluding tert-OH is 1. The summed E-state index contributed by atoms with van der Waals surface area (Å²) in [6.45, 7) is 4.82. The Labute approximate surface area is 547 Å². The monoisotopic (exact) mass is 1250 g/mol. The van der Waals surface area contributed by atoms with Gasteiger partial charge in [0.05, 0.1) is 39.9 Å². The third kappa shape index (κ3) is 71.1. The van der Waals surface area contributed by atoms with E-state index in [1.807, 2.05) is 21.1 Å². The molecule has 0 saturated carbocycles. The highest BCUT2D eigenvalue weighted by molar-refractivity contribution is 7.47. The molecule has 3 N–H and O–H groups in total. The minimum absolute atomic E-state index is 0.0748. The predicted octanol–water partition coefficient (Wildman–Crippen LogP) is 24.7. The van der Waals surface area contributed by atoms with E-state index in [9.17, 15) is 19.4 Å². The van der Waals surface area contributed by atoms with Gasteiger partial charge in [0.1, 0.15) is 13.2 Å². The van der Waals surface area contributed by atoms with Crippen LogP contribution in [0.2, 0.25) is 0 Å². The molecule has 9 heteroatoms. The number of unbranched alkanes of at least 4 members (excludes halogenated alkanes) is 43. The molecule has 0 aliphatic heterocycles. The Morgan fingerprint density at radius 1 is 0.398 bits per heavy atom. The molecule has 0 spiro atoms. The van der Waals surface area contributed by atoms with Crippen LogP contribution in [0.15, 0.2) is 85.1 Å². The number of allylic oxidation sites excluding steroid dienone is 14. The maximum Gasteiger partial charge on any atom is 0.472 e. The van der Waals surface area contributed by atoms with Crippen LogP contribution in [-0.2, 0) is 18.4 Å². The van der Waals surface area contributed by atoms with E-state index in [1.54, 1.807) is 0 Å². The average molecular weight is 1250 g/mol. The molecule has 0 fully saturated rings. The van der Waals surface area contributed by atoms with Gasteiger partial charge >= 0.3 is 7.82 Å². The van der Waals surface area contributed by atoms with E-state index in [4.69, 9.17) is 9.05 Å². The Bertz CT molecular complexity index is 1710. The van der Waals surface area contributed by atoms with Crippen LogP contribution in [0.5, 0.6) is 0 Å². The van der Waals surface area contributed by atoms with Crippen molar-refractivity contribution in [1.82, 2.24) is 5.32 Å². The average Bonchev–Trinajstić information content (AvgIpc) is 3.71. The van der Waals surface area contributed by atoms with Crippen LogP contribution < -0.4 is 5.32 Å². The Kier molecular flexibility index (Phi) is 67.2. The largest absolute Gasteiger partial charge is 0.472 e. The summed E-state index contributed by atoms with van der Waals surface area (Å²) < 4.78 is 23.9. The standard InChI is InChI=1S/C79H147N2O6P/c1-6-8-10-12-14-16-18-20-22-24-26-28-30-32-33-34-35-36-37-38-39-40-41-42-43-44-45-46-47-49-51-53-55-57-59-61-63-65-67-69-71-73-79(83)80-77(76-87-88(84,85)86-75-74-81(3,4)5)78(82)72-70-68-66-64-62-60-58-56-54-52-50-48-31-29-27-25-23-21-19-17-15-13-11-9-7-2/h8,10,14,16,20,22,26,28,32-33,35-36,38-39,77-78,82H,6-7,9,11-13,15,17-19,21,23-25,27,29-31,34,37,40-76H2,1-5H3,(H-,80,83,84,85)/p+1/b10-8-,16-14-,22-20-,28-26-,33-32-,36-35-,39-38-. The maximum atomic E-state index is 13.1. The first-order chi connectivity index (χ1) is 43.0. The summed E-state index contributed by atoms with van der Waals surface area (Å²) in [6, 6.07) is -0.764. The number of phosphoric ester groups is 1. The molecule has 3 atom stereocenters. The van der Waals surface area contributed by atoms with Gasteiger partial charge in [0.25, 0.3) is 0 Å². The number of carbonyl (C=O) groups is 1. The molecule has 1 amide bonds. The molecule has 0 aromatic rings. The molecule has 8 nitrogen and oxygen atoms in total. The number of hydrogen-bond donors (Lipinski definition) is 3. The Morgan fingerprint density at radius 2 is 0.682 bits per heavy atom. The van der Waals surface area contributed by atoms with Crippen molar-refractivity contribution in [3.8, 4) is 0 Å². The molecule has 514 valence electrons. The van der Waals surface area contributed by atoms with Crippen molar-refractivity contribution in [2.45, 2.75) is 373 Å². The van der Waals surface area contributed by atoms with Crippen molar-refractivity contribution in [3.05, 3.63) is 85.1 Å². The molecule has 0 heterocycles. The first kappa shape index (κ1) is 85.7. The first-order valence-corrected chi connectivity index (χ1v) is 39.4. The van der Waals surface area contributed by atoms with Crippen LogP contribution in [0.25, 0.3) is 0 Å². The number of rotatable bonds is 70. The number of amides is 1. The zero-order valence-corrected chi connectivity index (χ0v) is 59.9. The molecule has 0 radical (unpaired) electrons. The fraction of sp³-hybridized carbons (Fsp3) is 0.810. The number of nitrogens with zero attached hydrogens (tertiary/aromatic N) is 1. The van der Waals surface area contributed by atoms with E-state index < -0.39 is 20.0 Å². The maximum absolute atomic E-state index is 13.1. The number of nitrogens with one attached hydrogen (secondary N) is 1. The molecular weight excluding hydrogens is 1100 g/mol. The molecule has 0 aliphatic carbocycles. The molecule has 0 aliphatic rings. The van der Waals surface area contributed by atoms with E-state index in [1.165, 1.54) is 250 Å². The topological polar surface area (TPSA) is 105 Å². The van der Waals surface area contributed by atoms with Gasteiger partial charge in [-0.15, -0.1) is 0 Å². The molecule has 0 bridgehead atoms. The molecule has 0 aromatic carbocycles. The van der Waals surface area contributed by atoms with Gasteiger partial charge in [-0.2, -0.15) is 0 Å². The summed E-state index contributed by atoms with van der Waals surface area (Å²) in [7, 11) is 1.63. The highest BCUT2D eigenvalue weighted by Crippen LogP contribution is 2.43. The number of carbonyl (C=O) groups excluding carboxylic acids is 1. The molecule has 0 aromatic heterocycles. The summed E-state index contributed by atoms with van der Waals surface area (Å²) >= 11 is 0. The lowest BCUT2D eigenvalue weighted by atomic mass is 10.0. The van der Waals surface area contributed by atoms with Crippen LogP contribution in [-0.4, -0.2) is 73.4 Å². The Hall–Kier alpha value is -2.32. The van der Waals surface area contributed by atoms with Gasteiger partial charge in [-0.05, 0) is 70.6 Å². The third-order valence-corrected chi connectivity index (χ3v) is 18.1. The summed E-state index contributed by atoms with van der Waals surface area (Å²) in [5, 5.41) is 14.2. The van der Waals surface area contributed by atoms with Crippen LogP contribution in [0.1, 0.15) is 361 Å². The molecule has 0 saturated heterocycles. The van der Waals surface area contributed by atoms with E-state index in [0.717, 1.165) is 83.5 Å². The summed E-state index contributed by atoms with van der Waals surface area (Å²) in [6.07, 6.45) is 98.5. The summed E-state index contributed by atoms with van der Waals surface area (Å²) in [4.78, 5) is 23.5. The van der Waals surface area contributed by atoms with Crippen LogP contribution in [0.4, 0.5) is 0 Å². The lowest BCUT2D eigenvalue weighted by molar-refractivity contribution is -0.870. The molecule has 0 rings (SSSR count). The van der Waals surface area contributed by atoms with Gasteiger partial charge in [-0.25, -0.2) is 4.57 Å². The van der Waals surface area contributed by atoms with Crippen LogP contribution >= 0.6 is 7.82 Å². The molecular formula is C79H148N2O6P+. The number of likely N-dealkylation sites (N-methyl/N-ethyl adjacent to an activating group) is 1. The lowest BCUT2D eigenvalue weighted by Crippen LogP contribution is -2.46. The fourth-order valence-electron chi connectivity index (χ4n) is 11.3. The minimum atomic E-state index is -4.33. The van der Waals surface area contributed by atoms with Crippen molar-refractivity contribution >= 4 is 13.7 Å². The number of quaternary nitrogens is 1. The van der Waals surface area contributed by atoms with Crippen molar-refractivity contribution < 1.29 is 32.9 Å². The second-order valence-corrected chi connectivity index (χ2v) is 28.5. The highest BCUT2D eigenvalue weighted by Gasteiger charge is 2.28. The Morgan fingerprint density at radius 3 is 1.00 bits per heavy atom. The van der Waals surface area contributed by atoms with E-state index in [-0.39, 0.29) is 19.1 Å². The zero-order chi connectivity index (χ0) is 64.1. The second kappa shape index (κ2) is 69.0. The minimum Gasteiger partial charge on any atom is -0.391 e. The van der Waals surface area contributed by atoms with E-state index in [2.05, 4.69) is 104 Å². The van der Waals surface area contributed by atoms with Crippen molar-refractivity contribution in [1.29, 1.82) is 0 Å². The SMILES string of the molecule is CC/C=C\C/C=C\C/C=C\C/C=C\C/C=C\C/C=C\C/C=C\CCCCCCCCCCCCCCCCCCCCCC(=O)NC(COP(=O)(O)OCC[N+](C)(C)C)C(O)CCCCCCCCCCCCCCCCCCCCCCCCCCC. The highest BCUT2D eigenvalue weighted by atomic mass is 31.2. The number of hydrogen-bond acceptors (Lipinski definition) is 5. The molecule has 3 unspecified atom stereocenters. The van der Waals surface area contributed by atoms with Gasteiger partial charge in [0.15, 0.2) is 0 Å². The second-order valence-electron chi connectivity index (χ2n) is 27.0. The van der Waals surface area contributed by atoms with Crippen molar-refractivity contribution in [3.63, 3.8) is 0 Å². The molecule has 88 heavy (non-hydrogen) atoms. The van der Waals surface area contributed by atoms with Gasteiger partial charge in [-0.3, -0.25) is 13.8 Å². The number of phosphoric acid groups is 1. The Balaban J connectivity index is 3.95. The van der Waals surface area contributed by atoms with Crippen LogP contribution in [0.3, 0.4) is 0 Å². The van der Waals surface area contributed by atoms with Crippen molar-refractivity contribution in [2.24, 2.45) is 0 Å². The van der Waals surface area contributed by atoms with Crippen molar-refractivity contribution in [2.75, 3.05) is 40.9 Å². The van der Waals surface area contributed by atoms with Gasteiger partial charge in [-0.1, -0.05) is 369 Å². The zero-order valence-electron chi connectivity index (χ0n) is 59.0. The van der Waals surface area contributed by atoms with Gasteiger partial charge in [0.2, 0.25) is 5.91 Å². The first-order valence-electron chi connectivity index (χ1n) is 38.0. The smallest absolute Gasteiger partial charge is 0.391 e. The van der Waals surface area contributed by atoms with Crippen LogP contribution in [0, 0.1) is 0 Å². The lowest BCUT2D eigenvalue weighted by Gasteiger charge is -2.26. The fourth-order valence-corrected chi connectivity index (χ4v) is 12.1. The predicted molar refractivity (Wildman–Crippen MR) is 387 cm³/mol. The quantitative estimate of drug-likeness (QED) is 0.0243. The third-order valence-electron chi connectivity index (χ3n) is 17.2. The normalized spacial score (nSPS) is 14.0. The summed E-state index contributed by atoms with van der Waals surface area (Å²) in [5.74, 6) is -0.139. The van der Waals surface area contributed by atoms with Gasteiger partial charge < -0.3 is 19.8 Å². The van der Waals surface area contributed by atoms with E-state index in [0.29, 0.717) is 23.9 Å². The number of aliphatic hydroxyl groups is 1. The van der Waals surface area contributed by atoms with Gasteiger partial charge in [0, 0.05) is 6.42 Å². The summed E-state index contributed by atoms with van der Waals surface area (Å²) in [5.41, 5.74) is 0.